The van der Waals surface area contributed by atoms with E-state index in [0.29, 0.717) is 6.10 Å². The van der Waals surface area contributed by atoms with E-state index >= 15 is 0 Å². The zero-order chi connectivity index (χ0) is 10.9. The number of unbranched alkanes of at least 4 members (excludes halogenated alkanes) is 1. The molecule has 2 unspecified atom stereocenters. The van der Waals surface area contributed by atoms with Gasteiger partial charge in [-0.25, -0.2) is 0 Å². The van der Waals surface area contributed by atoms with Gasteiger partial charge in [0.15, 0.2) is 0 Å². The first-order valence-corrected chi connectivity index (χ1v) is 6.71. The maximum absolute atomic E-state index is 5.62. The van der Waals surface area contributed by atoms with Crippen molar-refractivity contribution in [3.63, 3.8) is 0 Å². The third kappa shape index (κ3) is 5.53. The molecule has 2 nitrogen and oxygen atoms in total. The summed E-state index contributed by atoms with van der Waals surface area (Å²) in [5, 5.41) is 3.53. The fourth-order valence-corrected chi connectivity index (χ4v) is 2.37. The molecule has 0 saturated carbocycles. The zero-order valence-electron chi connectivity index (χ0n) is 10.4. The summed E-state index contributed by atoms with van der Waals surface area (Å²) in [6.07, 6.45) is 9.72. The van der Waals surface area contributed by atoms with E-state index in [9.17, 15) is 0 Å². The van der Waals surface area contributed by atoms with Crippen LogP contribution in [0.5, 0.6) is 0 Å². The number of hydrogen-bond acceptors (Lipinski definition) is 2. The molecule has 1 fully saturated rings. The molecule has 0 aromatic rings. The number of rotatable bonds is 8. The van der Waals surface area contributed by atoms with Crippen LogP contribution < -0.4 is 5.32 Å². The van der Waals surface area contributed by atoms with Crippen molar-refractivity contribution in [2.45, 2.75) is 70.9 Å². The largest absolute Gasteiger partial charge is 0.378 e. The Morgan fingerprint density at radius 3 is 2.80 bits per heavy atom. The minimum absolute atomic E-state index is 0.587. The molecule has 0 amide bonds. The molecule has 0 bridgehead atoms. The van der Waals surface area contributed by atoms with Gasteiger partial charge in [0.25, 0.3) is 0 Å². The van der Waals surface area contributed by atoms with E-state index in [4.69, 9.17) is 4.74 Å². The molecule has 1 heterocycles. The van der Waals surface area contributed by atoms with Crippen molar-refractivity contribution in [1.82, 2.24) is 5.32 Å². The van der Waals surface area contributed by atoms with E-state index in [1.165, 1.54) is 44.9 Å². The van der Waals surface area contributed by atoms with E-state index in [0.717, 1.165) is 19.2 Å². The Kier molecular flexibility index (Phi) is 7.03. The lowest BCUT2D eigenvalue weighted by Crippen LogP contribution is -2.27. The second-order valence-electron chi connectivity index (χ2n) is 4.58. The summed E-state index contributed by atoms with van der Waals surface area (Å²) in [5.74, 6) is 0. The minimum Gasteiger partial charge on any atom is -0.378 e. The van der Waals surface area contributed by atoms with Crippen molar-refractivity contribution in [3.05, 3.63) is 0 Å². The summed E-state index contributed by atoms with van der Waals surface area (Å²) in [4.78, 5) is 0. The molecule has 2 heteroatoms. The van der Waals surface area contributed by atoms with Gasteiger partial charge >= 0.3 is 0 Å². The van der Waals surface area contributed by atoms with Gasteiger partial charge in [0.1, 0.15) is 0 Å². The fourth-order valence-electron chi connectivity index (χ4n) is 2.37. The van der Waals surface area contributed by atoms with Crippen LogP contribution in [-0.2, 0) is 4.74 Å². The fraction of sp³-hybridized carbons (Fsp3) is 1.00. The average molecular weight is 213 g/mol. The summed E-state index contributed by atoms with van der Waals surface area (Å²) in [5.41, 5.74) is 0. The standard InChI is InChI=1S/C13H27NO/c1-3-12(14-4-2)8-5-6-9-13-10-7-11-15-13/h12-14H,3-11H2,1-2H3. The highest BCUT2D eigenvalue weighted by Crippen LogP contribution is 2.18. The van der Waals surface area contributed by atoms with Crippen LogP contribution in [0.15, 0.2) is 0 Å². The van der Waals surface area contributed by atoms with Gasteiger partial charge in [-0.1, -0.05) is 26.7 Å². The van der Waals surface area contributed by atoms with Crippen LogP contribution in [0.1, 0.15) is 58.8 Å². The van der Waals surface area contributed by atoms with E-state index in [1.54, 1.807) is 0 Å². The summed E-state index contributed by atoms with van der Waals surface area (Å²) in [6, 6.07) is 0.736. The Labute approximate surface area is 94.8 Å². The highest BCUT2D eigenvalue weighted by molar-refractivity contribution is 4.67. The molecule has 0 radical (unpaired) electrons. The van der Waals surface area contributed by atoms with Gasteiger partial charge in [-0.15, -0.1) is 0 Å². The van der Waals surface area contributed by atoms with Gasteiger partial charge < -0.3 is 10.1 Å². The molecule has 2 atom stereocenters. The van der Waals surface area contributed by atoms with Gasteiger partial charge in [0.2, 0.25) is 0 Å². The summed E-state index contributed by atoms with van der Waals surface area (Å²) in [7, 11) is 0. The van der Waals surface area contributed by atoms with E-state index < -0.39 is 0 Å². The Bertz CT molecular complexity index is 143. The average Bonchev–Trinajstić information content (AvgIpc) is 2.75. The molecule has 0 aromatic carbocycles. The van der Waals surface area contributed by atoms with Crippen molar-refractivity contribution in [2.24, 2.45) is 0 Å². The zero-order valence-corrected chi connectivity index (χ0v) is 10.4. The Morgan fingerprint density at radius 2 is 2.20 bits per heavy atom. The van der Waals surface area contributed by atoms with E-state index in [-0.39, 0.29) is 0 Å². The van der Waals surface area contributed by atoms with Gasteiger partial charge in [-0.2, -0.15) is 0 Å². The molecule has 1 aliphatic heterocycles. The van der Waals surface area contributed by atoms with Gasteiger partial charge in [-0.3, -0.25) is 0 Å². The van der Waals surface area contributed by atoms with Crippen LogP contribution in [0.25, 0.3) is 0 Å². The van der Waals surface area contributed by atoms with E-state index in [1.807, 2.05) is 0 Å². The number of hydrogen-bond donors (Lipinski definition) is 1. The highest BCUT2D eigenvalue weighted by Gasteiger charge is 2.14. The van der Waals surface area contributed by atoms with Crippen LogP contribution in [-0.4, -0.2) is 25.3 Å². The monoisotopic (exact) mass is 213 g/mol. The maximum atomic E-state index is 5.62. The Morgan fingerprint density at radius 1 is 1.33 bits per heavy atom. The smallest absolute Gasteiger partial charge is 0.0576 e. The van der Waals surface area contributed by atoms with E-state index in [2.05, 4.69) is 19.2 Å². The predicted molar refractivity (Wildman–Crippen MR) is 65.2 cm³/mol. The first-order valence-electron chi connectivity index (χ1n) is 6.71. The van der Waals surface area contributed by atoms with Crippen molar-refractivity contribution in [1.29, 1.82) is 0 Å². The van der Waals surface area contributed by atoms with Crippen molar-refractivity contribution in [3.8, 4) is 0 Å². The lowest BCUT2D eigenvalue weighted by atomic mass is 10.0. The second kappa shape index (κ2) is 8.12. The summed E-state index contributed by atoms with van der Waals surface area (Å²) in [6.45, 7) is 6.56. The Balaban J connectivity index is 1.94. The first kappa shape index (κ1) is 13.0. The Hall–Kier alpha value is -0.0800. The molecule has 0 aliphatic carbocycles. The molecule has 1 N–H and O–H groups in total. The van der Waals surface area contributed by atoms with Crippen LogP contribution in [0.3, 0.4) is 0 Å². The quantitative estimate of drug-likeness (QED) is 0.626. The van der Waals surface area contributed by atoms with Crippen molar-refractivity contribution < 1.29 is 4.74 Å². The molecule has 0 aromatic heterocycles. The van der Waals surface area contributed by atoms with Gasteiger partial charge in [0, 0.05) is 12.6 Å². The number of ether oxygens (including phenoxy) is 1. The lowest BCUT2D eigenvalue weighted by Gasteiger charge is -2.16. The van der Waals surface area contributed by atoms with Gasteiger partial charge in [0.05, 0.1) is 6.10 Å². The van der Waals surface area contributed by atoms with Crippen LogP contribution in [0, 0.1) is 0 Å². The van der Waals surface area contributed by atoms with Crippen molar-refractivity contribution in [2.75, 3.05) is 13.2 Å². The van der Waals surface area contributed by atoms with Crippen molar-refractivity contribution >= 4 is 0 Å². The second-order valence-corrected chi connectivity index (χ2v) is 4.58. The number of nitrogens with one attached hydrogen (secondary N) is 1. The summed E-state index contributed by atoms with van der Waals surface area (Å²) >= 11 is 0. The molecular weight excluding hydrogens is 186 g/mol. The molecule has 0 spiro atoms. The third-order valence-corrected chi connectivity index (χ3v) is 3.34. The maximum Gasteiger partial charge on any atom is 0.0576 e. The van der Waals surface area contributed by atoms with Gasteiger partial charge in [-0.05, 0) is 38.6 Å². The van der Waals surface area contributed by atoms with Crippen LogP contribution in [0.2, 0.25) is 0 Å². The molecule has 1 aliphatic rings. The minimum atomic E-state index is 0.587. The summed E-state index contributed by atoms with van der Waals surface area (Å²) < 4.78 is 5.62. The topological polar surface area (TPSA) is 21.3 Å². The lowest BCUT2D eigenvalue weighted by molar-refractivity contribution is 0.102. The normalized spacial score (nSPS) is 23.2. The highest BCUT2D eigenvalue weighted by atomic mass is 16.5. The molecule has 1 rings (SSSR count). The molecule has 15 heavy (non-hydrogen) atoms. The molecule has 1 saturated heterocycles. The molecular formula is C13H27NO. The first-order chi connectivity index (χ1) is 7.36. The molecule has 90 valence electrons. The van der Waals surface area contributed by atoms with Crippen LogP contribution in [0.4, 0.5) is 0 Å². The third-order valence-electron chi connectivity index (χ3n) is 3.34. The predicted octanol–water partition coefficient (Wildman–Crippen LogP) is 3.11. The van der Waals surface area contributed by atoms with Crippen LogP contribution >= 0.6 is 0 Å². The SMILES string of the molecule is CCNC(CC)CCCCC1CCCO1.